The van der Waals surface area contributed by atoms with Crippen molar-refractivity contribution in [3.63, 3.8) is 0 Å². The molecule has 1 unspecified atom stereocenters. The minimum atomic E-state index is -0.283. The summed E-state index contributed by atoms with van der Waals surface area (Å²) in [5, 5.41) is 2.73. The van der Waals surface area contributed by atoms with Gasteiger partial charge in [0.2, 0.25) is 0 Å². The molecule has 5 nitrogen and oxygen atoms in total. The fourth-order valence-electron chi connectivity index (χ4n) is 2.45. The molecule has 22 heavy (non-hydrogen) atoms. The van der Waals surface area contributed by atoms with Crippen molar-refractivity contribution in [3.05, 3.63) is 59.6 Å². The first-order valence-corrected chi connectivity index (χ1v) is 7.15. The molecule has 0 fully saturated rings. The van der Waals surface area contributed by atoms with Crippen LogP contribution < -0.4 is 5.32 Å². The van der Waals surface area contributed by atoms with Crippen LogP contribution in [-0.2, 0) is 4.79 Å². The third-order valence-corrected chi connectivity index (χ3v) is 3.59. The predicted molar refractivity (Wildman–Crippen MR) is 82.6 cm³/mol. The van der Waals surface area contributed by atoms with Crippen molar-refractivity contribution in [2.45, 2.75) is 13.3 Å². The van der Waals surface area contributed by atoms with Gasteiger partial charge in [0.25, 0.3) is 11.8 Å². The van der Waals surface area contributed by atoms with Crippen LogP contribution in [0.2, 0.25) is 0 Å². The summed E-state index contributed by atoms with van der Waals surface area (Å²) in [5.74, 6) is -0.190. The molecule has 3 rings (SSSR count). The molecule has 0 radical (unpaired) electrons. The average molecular weight is 296 g/mol. The van der Waals surface area contributed by atoms with E-state index in [0.717, 1.165) is 11.3 Å². The lowest BCUT2D eigenvalue weighted by atomic mass is 9.90. The van der Waals surface area contributed by atoms with Gasteiger partial charge in [0, 0.05) is 18.0 Å². The van der Waals surface area contributed by atoms with Crippen molar-refractivity contribution in [2.24, 2.45) is 10.9 Å². The zero-order valence-corrected chi connectivity index (χ0v) is 12.2. The summed E-state index contributed by atoms with van der Waals surface area (Å²) in [5.41, 5.74) is 2.50. The SMILES string of the molecule is CC1=CC2=NC(=O)C(CCNC(=O)c3ccco3)=CC2C=C1. The summed E-state index contributed by atoms with van der Waals surface area (Å²) in [7, 11) is 0. The Bertz CT molecular complexity index is 721. The summed E-state index contributed by atoms with van der Waals surface area (Å²) < 4.78 is 5.01. The molecule has 1 aliphatic heterocycles. The molecule has 2 heterocycles. The Hall–Kier alpha value is -2.69. The van der Waals surface area contributed by atoms with Gasteiger partial charge in [-0.25, -0.2) is 4.99 Å². The third kappa shape index (κ3) is 2.98. The maximum Gasteiger partial charge on any atom is 0.286 e. The second-order valence-electron chi connectivity index (χ2n) is 5.29. The second kappa shape index (κ2) is 5.97. The Morgan fingerprint density at radius 1 is 1.45 bits per heavy atom. The molecular formula is C17H16N2O3. The van der Waals surface area contributed by atoms with Gasteiger partial charge < -0.3 is 9.73 Å². The third-order valence-electron chi connectivity index (χ3n) is 3.59. The maximum absolute atomic E-state index is 12.0. The number of carbonyl (C=O) groups excluding carboxylic acids is 2. The van der Waals surface area contributed by atoms with Crippen molar-refractivity contribution >= 4 is 17.5 Å². The van der Waals surface area contributed by atoms with E-state index in [1.54, 1.807) is 12.1 Å². The molecular weight excluding hydrogens is 280 g/mol. The van der Waals surface area contributed by atoms with Crippen LogP contribution in [0.1, 0.15) is 23.9 Å². The number of furan rings is 1. The van der Waals surface area contributed by atoms with Crippen LogP contribution in [-0.4, -0.2) is 24.1 Å². The number of allylic oxidation sites excluding steroid dienone is 5. The molecule has 0 bridgehead atoms. The number of dihydropyridines is 1. The van der Waals surface area contributed by atoms with E-state index in [1.807, 2.05) is 31.2 Å². The summed E-state index contributed by atoms with van der Waals surface area (Å²) in [6, 6.07) is 3.25. The van der Waals surface area contributed by atoms with E-state index in [2.05, 4.69) is 10.3 Å². The molecule has 1 N–H and O–H groups in total. The Morgan fingerprint density at radius 3 is 3.09 bits per heavy atom. The highest BCUT2D eigenvalue weighted by molar-refractivity contribution is 6.13. The van der Waals surface area contributed by atoms with Crippen LogP contribution in [0.15, 0.2) is 63.3 Å². The van der Waals surface area contributed by atoms with E-state index in [4.69, 9.17) is 4.42 Å². The second-order valence-corrected chi connectivity index (χ2v) is 5.29. The van der Waals surface area contributed by atoms with Crippen molar-refractivity contribution in [1.29, 1.82) is 0 Å². The Morgan fingerprint density at radius 2 is 2.32 bits per heavy atom. The highest BCUT2D eigenvalue weighted by atomic mass is 16.3. The lowest BCUT2D eigenvalue weighted by Gasteiger charge is -2.19. The molecule has 112 valence electrons. The molecule has 1 aromatic heterocycles. The Balaban J connectivity index is 1.59. The van der Waals surface area contributed by atoms with Gasteiger partial charge in [0.05, 0.1) is 12.0 Å². The van der Waals surface area contributed by atoms with Crippen LogP contribution in [0.3, 0.4) is 0 Å². The van der Waals surface area contributed by atoms with E-state index in [-0.39, 0.29) is 23.5 Å². The average Bonchev–Trinajstić information content (AvgIpc) is 3.02. The van der Waals surface area contributed by atoms with E-state index in [0.29, 0.717) is 18.5 Å². The molecule has 0 saturated carbocycles. The molecule has 5 heteroatoms. The minimum Gasteiger partial charge on any atom is -0.459 e. The standard InChI is InChI=1S/C17H16N2O3/c1-11-4-5-12-10-13(16(20)19-14(12)9-11)6-7-18-17(21)15-3-2-8-22-15/h2-5,8-10,12H,6-7H2,1H3,(H,18,21). The number of hydrogen-bond acceptors (Lipinski definition) is 3. The summed E-state index contributed by atoms with van der Waals surface area (Å²) in [4.78, 5) is 27.9. The van der Waals surface area contributed by atoms with Gasteiger partial charge >= 0.3 is 0 Å². The topological polar surface area (TPSA) is 71.7 Å². The number of hydrogen-bond donors (Lipinski definition) is 1. The first kappa shape index (κ1) is 14.3. The van der Waals surface area contributed by atoms with Crippen molar-refractivity contribution in [2.75, 3.05) is 6.54 Å². The number of carbonyl (C=O) groups is 2. The van der Waals surface area contributed by atoms with Gasteiger partial charge in [-0.15, -0.1) is 0 Å². The highest BCUT2D eigenvalue weighted by Gasteiger charge is 2.22. The summed E-state index contributed by atoms with van der Waals surface area (Å²) in [6.45, 7) is 2.34. The number of rotatable bonds is 4. The molecule has 2 aliphatic rings. The zero-order chi connectivity index (χ0) is 15.5. The molecule has 0 aromatic carbocycles. The largest absolute Gasteiger partial charge is 0.459 e. The van der Waals surface area contributed by atoms with Gasteiger partial charge in [-0.2, -0.15) is 0 Å². The van der Waals surface area contributed by atoms with Crippen LogP contribution in [0.4, 0.5) is 0 Å². The van der Waals surface area contributed by atoms with E-state index in [9.17, 15) is 9.59 Å². The van der Waals surface area contributed by atoms with Crippen molar-refractivity contribution in [3.8, 4) is 0 Å². The van der Waals surface area contributed by atoms with Gasteiger partial charge in [-0.05, 0) is 37.1 Å². The Labute approximate surface area is 128 Å². The van der Waals surface area contributed by atoms with E-state index < -0.39 is 0 Å². The number of fused-ring (bicyclic) bond motifs is 1. The van der Waals surface area contributed by atoms with E-state index >= 15 is 0 Å². The number of nitrogens with one attached hydrogen (secondary N) is 1. The lowest BCUT2D eigenvalue weighted by molar-refractivity contribution is -0.114. The summed E-state index contributed by atoms with van der Waals surface area (Å²) in [6.07, 6.45) is 9.80. The fourth-order valence-corrected chi connectivity index (χ4v) is 2.45. The summed E-state index contributed by atoms with van der Waals surface area (Å²) >= 11 is 0. The predicted octanol–water partition coefficient (Wildman–Crippen LogP) is 2.44. The van der Waals surface area contributed by atoms with Gasteiger partial charge in [0.15, 0.2) is 5.76 Å². The van der Waals surface area contributed by atoms with Gasteiger partial charge in [-0.3, -0.25) is 9.59 Å². The number of nitrogens with zero attached hydrogens (tertiary/aromatic N) is 1. The van der Waals surface area contributed by atoms with Crippen LogP contribution in [0.25, 0.3) is 0 Å². The normalized spacial score (nSPS) is 20.0. The quantitative estimate of drug-likeness (QED) is 0.927. The van der Waals surface area contributed by atoms with E-state index in [1.165, 1.54) is 6.26 Å². The van der Waals surface area contributed by atoms with Gasteiger partial charge in [0.1, 0.15) is 0 Å². The van der Waals surface area contributed by atoms with Gasteiger partial charge in [-0.1, -0.05) is 18.2 Å². The first-order chi connectivity index (χ1) is 10.6. The Kier molecular flexibility index (Phi) is 3.87. The number of amides is 2. The fraction of sp³-hybridized carbons (Fsp3) is 0.235. The molecule has 1 aliphatic carbocycles. The maximum atomic E-state index is 12.0. The first-order valence-electron chi connectivity index (χ1n) is 7.15. The minimum absolute atomic E-state index is 0.0529. The smallest absolute Gasteiger partial charge is 0.286 e. The van der Waals surface area contributed by atoms with Crippen LogP contribution in [0, 0.1) is 5.92 Å². The van der Waals surface area contributed by atoms with Crippen molar-refractivity contribution < 1.29 is 14.0 Å². The molecule has 2 amide bonds. The molecule has 0 spiro atoms. The molecule has 0 saturated heterocycles. The van der Waals surface area contributed by atoms with Crippen molar-refractivity contribution in [1.82, 2.24) is 5.32 Å². The highest BCUT2D eigenvalue weighted by Crippen LogP contribution is 2.23. The molecule has 1 aromatic rings. The lowest BCUT2D eigenvalue weighted by Crippen LogP contribution is -2.26. The van der Waals surface area contributed by atoms with Crippen LogP contribution in [0.5, 0.6) is 0 Å². The zero-order valence-electron chi connectivity index (χ0n) is 12.2. The molecule has 1 atom stereocenters. The monoisotopic (exact) mass is 296 g/mol. The number of aliphatic imine (C=N–C) groups is 1. The van der Waals surface area contributed by atoms with Crippen LogP contribution >= 0.6 is 0 Å².